The maximum Gasteiger partial charge on any atom is -0.00201 e. The number of fused-ring (bicyclic) bond motifs is 4. The molecule has 0 amide bonds. The van der Waals surface area contributed by atoms with Gasteiger partial charge in [0, 0.05) is 0 Å². The minimum Gasteiger partial charge on any atom is -0.0984 e. The standard InChI is InChI=1S/C47H36.C5H12.C2H6/c1-5-16-36-34(6-2)31(4)45(39-21-10-9-20-37(36)39)44-29-33(28-27-30(44)3)46-40-22-11-13-24-42(40)47(43-25-14-12-23-41(43)46)38-26-15-18-32-17-7-8-19-35(32)38;1-3-5-4-2;1-2/h5-29H,2H2,1,3-4H3;3-5H2,1-2H3;1-2H3/b16-5-;;. The van der Waals surface area contributed by atoms with Crippen molar-refractivity contribution < 1.29 is 0 Å². The Hall–Kier alpha value is -5.72. The Morgan fingerprint density at radius 2 is 1.00 bits per heavy atom. The van der Waals surface area contributed by atoms with E-state index in [0.29, 0.717) is 0 Å². The summed E-state index contributed by atoms with van der Waals surface area (Å²) in [6, 6.07) is 49.2. The van der Waals surface area contributed by atoms with Crippen molar-refractivity contribution in [2.75, 3.05) is 0 Å². The molecule has 0 radical (unpaired) electrons. The first-order chi connectivity index (χ1) is 26.5. The lowest BCUT2D eigenvalue weighted by molar-refractivity contribution is 0.772. The average Bonchev–Trinajstić information content (AvgIpc) is 3.22. The van der Waals surface area contributed by atoms with Crippen molar-refractivity contribution >= 4 is 55.2 Å². The molecule has 0 N–H and O–H groups in total. The molecule has 0 atom stereocenters. The van der Waals surface area contributed by atoms with E-state index in [9.17, 15) is 0 Å². The van der Waals surface area contributed by atoms with E-state index >= 15 is 0 Å². The van der Waals surface area contributed by atoms with Gasteiger partial charge in [-0.3, -0.25) is 0 Å². The van der Waals surface area contributed by atoms with Gasteiger partial charge in [0.15, 0.2) is 0 Å². The number of aryl methyl sites for hydroxylation is 1. The third kappa shape index (κ3) is 7.02. The molecule has 0 unspecified atom stereocenters. The summed E-state index contributed by atoms with van der Waals surface area (Å²) in [5.41, 5.74) is 12.5. The lowest BCUT2D eigenvalue weighted by Crippen LogP contribution is -1.97. The van der Waals surface area contributed by atoms with Crippen LogP contribution in [0.1, 0.15) is 76.1 Å². The second-order valence-corrected chi connectivity index (χ2v) is 13.8. The van der Waals surface area contributed by atoms with Gasteiger partial charge in [0.1, 0.15) is 0 Å². The molecule has 54 heavy (non-hydrogen) atoms. The predicted molar refractivity (Wildman–Crippen MR) is 244 cm³/mol. The van der Waals surface area contributed by atoms with Gasteiger partial charge in [-0.05, 0) is 126 Å². The number of benzene rings is 8. The van der Waals surface area contributed by atoms with E-state index < -0.39 is 0 Å². The molecule has 0 aliphatic rings. The van der Waals surface area contributed by atoms with Gasteiger partial charge in [0.05, 0.1) is 0 Å². The van der Waals surface area contributed by atoms with Crippen LogP contribution in [0.2, 0.25) is 0 Å². The van der Waals surface area contributed by atoms with E-state index in [1.807, 2.05) is 19.9 Å². The molecule has 8 aromatic rings. The molecule has 8 rings (SSSR count). The topological polar surface area (TPSA) is 0 Å². The lowest BCUT2D eigenvalue weighted by atomic mass is 9.82. The first-order valence-corrected chi connectivity index (χ1v) is 19.9. The maximum atomic E-state index is 4.25. The van der Waals surface area contributed by atoms with Crippen LogP contribution in [0.3, 0.4) is 0 Å². The van der Waals surface area contributed by atoms with E-state index in [1.165, 1.54) is 118 Å². The summed E-state index contributed by atoms with van der Waals surface area (Å²) in [5.74, 6) is 0. The monoisotopic (exact) mass is 702 g/mol. The molecule has 0 spiro atoms. The Balaban J connectivity index is 0.000000659. The van der Waals surface area contributed by atoms with Gasteiger partial charge in [0.25, 0.3) is 0 Å². The predicted octanol–water partition coefficient (Wildman–Crippen LogP) is 16.8. The number of allylic oxidation sites excluding steroid dienone is 1. The van der Waals surface area contributed by atoms with Gasteiger partial charge in [-0.1, -0.05) is 199 Å². The van der Waals surface area contributed by atoms with Crippen LogP contribution < -0.4 is 0 Å². The number of hydrogen-bond acceptors (Lipinski definition) is 0. The Kier molecular flexibility index (Phi) is 12.3. The fourth-order valence-corrected chi connectivity index (χ4v) is 8.15. The summed E-state index contributed by atoms with van der Waals surface area (Å²) in [7, 11) is 0. The van der Waals surface area contributed by atoms with Crippen molar-refractivity contribution in [1.29, 1.82) is 0 Å². The van der Waals surface area contributed by atoms with Gasteiger partial charge in [0.2, 0.25) is 0 Å². The van der Waals surface area contributed by atoms with Crippen molar-refractivity contribution in [3.8, 4) is 33.4 Å². The highest BCUT2D eigenvalue weighted by atomic mass is 14.2. The Labute approximate surface area is 323 Å². The van der Waals surface area contributed by atoms with Crippen molar-refractivity contribution in [3.05, 3.63) is 168 Å². The minimum absolute atomic E-state index is 1.19. The highest BCUT2D eigenvalue weighted by molar-refractivity contribution is 6.23. The molecular weight excluding hydrogens is 649 g/mol. The molecule has 0 fully saturated rings. The summed E-state index contributed by atoms with van der Waals surface area (Å²) in [6.07, 6.45) is 10.4. The zero-order chi connectivity index (χ0) is 38.2. The Morgan fingerprint density at radius 3 is 1.54 bits per heavy atom. The third-order valence-electron chi connectivity index (χ3n) is 10.6. The van der Waals surface area contributed by atoms with Crippen LogP contribution in [0.15, 0.2) is 146 Å². The largest absolute Gasteiger partial charge is 0.0984 e. The number of hydrogen-bond donors (Lipinski definition) is 0. The van der Waals surface area contributed by atoms with Crippen molar-refractivity contribution in [1.82, 2.24) is 0 Å². The molecule has 0 aliphatic carbocycles. The summed E-state index contributed by atoms with van der Waals surface area (Å²) >= 11 is 0. The number of rotatable bonds is 7. The molecule has 0 bridgehead atoms. The molecule has 0 heteroatoms. The zero-order valence-electron chi connectivity index (χ0n) is 33.3. The fraction of sp³-hybridized carbons (Fsp3) is 0.185. The lowest BCUT2D eigenvalue weighted by Gasteiger charge is -2.21. The van der Waals surface area contributed by atoms with Crippen molar-refractivity contribution in [2.24, 2.45) is 0 Å². The summed E-state index contributed by atoms with van der Waals surface area (Å²) in [5, 5.41) is 10.1. The highest BCUT2D eigenvalue weighted by Gasteiger charge is 2.21. The Bertz CT molecular complexity index is 2550. The highest BCUT2D eigenvalue weighted by Crippen LogP contribution is 2.47. The maximum absolute atomic E-state index is 4.25. The zero-order valence-corrected chi connectivity index (χ0v) is 33.3. The van der Waals surface area contributed by atoms with E-state index in [2.05, 4.69) is 187 Å². The molecule has 0 saturated carbocycles. The second kappa shape index (κ2) is 17.4. The first kappa shape index (κ1) is 38.0. The van der Waals surface area contributed by atoms with E-state index in [-0.39, 0.29) is 0 Å². The van der Waals surface area contributed by atoms with Crippen LogP contribution >= 0.6 is 0 Å². The van der Waals surface area contributed by atoms with Crippen LogP contribution in [0.5, 0.6) is 0 Å². The molecule has 8 aromatic carbocycles. The number of unbranched alkanes of at least 4 members (excludes halogenated alkanes) is 2. The van der Waals surface area contributed by atoms with Crippen LogP contribution in [-0.4, -0.2) is 0 Å². The Morgan fingerprint density at radius 1 is 0.500 bits per heavy atom. The SMILES string of the molecule is C=Cc1c(C)c(-c2cc(-c3c4ccccc4c(-c4cccc5ccccc45)c4ccccc34)ccc2C)c2ccccc2c1/C=C\C.CC.CCCCC. The van der Waals surface area contributed by atoms with E-state index in [0.717, 1.165) is 0 Å². The van der Waals surface area contributed by atoms with Gasteiger partial charge in [-0.25, -0.2) is 0 Å². The summed E-state index contributed by atoms with van der Waals surface area (Å²) in [6.45, 7) is 19.2. The second-order valence-electron chi connectivity index (χ2n) is 13.8. The van der Waals surface area contributed by atoms with Gasteiger partial charge in [-0.15, -0.1) is 0 Å². The molecule has 0 aromatic heterocycles. The van der Waals surface area contributed by atoms with Crippen LogP contribution in [0.25, 0.3) is 88.6 Å². The van der Waals surface area contributed by atoms with Gasteiger partial charge < -0.3 is 0 Å². The quantitative estimate of drug-likeness (QED) is 0.145. The average molecular weight is 703 g/mol. The molecule has 0 heterocycles. The molecular formula is C54H54. The normalized spacial score (nSPS) is 11.1. The van der Waals surface area contributed by atoms with Gasteiger partial charge >= 0.3 is 0 Å². The molecule has 0 nitrogen and oxygen atoms in total. The minimum atomic E-state index is 1.19. The fourth-order valence-electron chi connectivity index (χ4n) is 8.15. The summed E-state index contributed by atoms with van der Waals surface area (Å²) in [4.78, 5) is 0. The van der Waals surface area contributed by atoms with E-state index in [1.54, 1.807) is 0 Å². The molecule has 270 valence electrons. The van der Waals surface area contributed by atoms with E-state index in [4.69, 9.17) is 0 Å². The van der Waals surface area contributed by atoms with Crippen molar-refractivity contribution in [2.45, 2.75) is 67.7 Å². The first-order valence-electron chi connectivity index (χ1n) is 19.9. The van der Waals surface area contributed by atoms with Crippen LogP contribution in [0, 0.1) is 13.8 Å². The van der Waals surface area contributed by atoms with Gasteiger partial charge in [-0.2, -0.15) is 0 Å². The third-order valence-corrected chi connectivity index (χ3v) is 10.6. The van der Waals surface area contributed by atoms with Crippen molar-refractivity contribution in [3.63, 3.8) is 0 Å². The smallest absolute Gasteiger partial charge is 0.00201 e. The van der Waals surface area contributed by atoms with Crippen LogP contribution in [0.4, 0.5) is 0 Å². The molecule has 0 saturated heterocycles. The summed E-state index contributed by atoms with van der Waals surface area (Å²) < 4.78 is 0. The molecule has 0 aliphatic heterocycles. The van der Waals surface area contributed by atoms with Crippen LogP contribution in [-0.2, 0) is 0 Å².